The molecule has 2 rings (SSSR count). The molecule has 0 fully saturated rings. The number of hydrogen-bond donors (Lipinski definition) is 0. The van der Waals surface area contributed by atoms with Crippen LogP contribution in [0, 0.1) is 12.7 Å². The fraction of sp³-hybridized carbons (Fsp3) is 0.231. The third-order valence-corrected chi connectivity index (χ3v) is 3.26. The molecule has 0 unspecified atom stereocenters. The van der Waals surface area contributed by atoms with Crippen LogP contribution in [0.15, 0.2) is 28.7 Å². The third kappa shape index (κ3) is 2.67. The summed E-state index contributed by atoms with van der Waals surface area (Å²) in [6, 6.07) is 6.38. The van der Waals surface area contributed by atoms with E-state index in [-0.39, 0.29) is 18.0 Å². The third-order valence-electron chi connectivity index (χ3n) is 2.77. The average molecular weight is 311 g/mol. The first-order valence-electron chi connectivity index (χ1n) is 5.45. The van der Waals surface area contributed by atoms with Gasteiger partial charge in [-0.25, -0.2) is 4.39 Å². The number of aromatic nitrogens is 2. The van der Waals surface area contributed by atoms with E-state index in [1.165, 1.54) is 6.07 Å². The maximum atomic E-state index is 13.6. The monoisotopic (exact) mass is 310 g/mol. The Morgan fingerprint density at radius 3 is 2.72 bits per heavy atom. The number of rotatable bonds is 3. The van der Waals surface area contributed by atoms with Gasteiger partial charge in [0.25, 0.3) is 0 Å². The lowest BCUT2D eigenvalue weighted by molar-refractivity contribution is 0.0986. The summed E-state index contributed by atoms with van der Waals surface area (Å²) in [7, 11) is 1.77. The van der Waals surface area contributed by atoms with Gasteiger partial charge in [0.1, 0.15) is 11.5 Å². The van der Waals surface area contributed by atoms with E-state index in [4.69, 9.17) is 0 Å². The maximum Gasteiger partial charge on any atom is 0.187 e. The van der Waals surface area contributed by atoms with Crippen molar-refractivity contribution in [3.63, 3.8) is 0 Å². The SMILES string of the molecule is Cc1cc(C(=O)Cc2ccc(Br)cc2F)nn1C. The molecule has 18 heavy (non-hydrogen) atoms. The number of nitrogens with zero attached hydrogens (tertiary/aromatic N) is 2. The Bertz CT molecular complexity index is 588. The van der Waals surface area contributed by atoms with Crippen LogP contribution >= 0.6 is 15.9 Å². The highest BCUT2D eigenvalue weighted by atomic mass is 79.9. The van der Waals surface area contributed by atoms with E-state index in [0.717, 1.165) is 5.69 Å². The maximum absolute atomic E-state index is 13.6. The van der Waals surface area contributed by atoms with Gasteiger partial charge in [0.05, 0.1) is 0 Å². The van der Waals surface area contributed by atoms with Gasteiger partial charge in [-0.05, 0) is 30.7 Å². The topological polar surface area (TPSA) is 34.9 Å². The molecule has 0 amide bonds. The number of Topliss-reactive ketones (excluding diaryl/α,β-unsaturated/α-hetero) is 1. The normalized spacial score (nSPS) is 10.7. The van der Waals surface area contributed by atoms with E-state index in [2.05, 4.69) is 21.0 Å². The Morgan fingerprint density at radius 1 is 1.44 bits per heavy atom. The smallest absolute Gasteiger partial charge is 0.187 e. The zero-order valence-electron chi connectivity index (χ0n) is 10.1. The largest absolute Gasteiger partial charge is 0.292 e. The van der Waals surface area contributed by atoms with Crippen molar-refractivity contribution in [2.75, 3.05) is 0 Å². The van der Waals surface area contributed by atoms with Crippen molar-refractivity contribution in [3.8, 4) is 0 Å². The lowest BCUT2D eigenvalue weighted by Gasteiger charge is -2.01. The van der Waals surface area contributed by atoms with Gasteiger partial charge in [-0.2, -0.15) is 5.10 Å². The van der Waals surface area contributed by atoms with Gasteiger partial charge >= 0.3 is 0 Å². The van der Waals surface area contributed by atoms with Crippen LogP contribution in [0.4, 0.5) is 4.39 Å². The van der Waals surface area contributed by atoms with Gasteiger partial charge in [-0.1, -0.05) is 22.0 Å². The molecule has 0 radical (unpaired) electrons. The van der Waals surface area contributed by atoms with E-state index in [1.807, 2.05) is 6.92 Å². The number of ketones is 1. The molecule has 1 aromatic heterocycles. The summed E-state index contributed by atoms with van der Waals surface area (Å²) in [5, 5.41) is 4.09. The van der Waals surface area contributed by atoms with Gasteiger partial charge in [-0.3, -0.25) is 9.48 Å². The molecule has 0 N–H and O–H groups in total. The van der Waals surface area contributed by atoms with Crippen LogP contribution in [0.25, 0.3) is 0 Å². The zero-order chi connectivity index (χ0) is 13.3. The number of carbonyl (C=O) groups is 1. The van der Waals surface area contributed by atoms with Crippen molar-refractivity contribution < 1.29 is 9.18 Å². The van der Waals surface area contributed by atoms with E-state index in [9.17, 15) is 9.18 Å². The van der Waals surface area contributed by atoms with E-state index in [1.54, 1.807) is 29.9 Å². The molecule has 0 saturated carbocycles. The summed E-state index contributed by atoms with van der Waals surface area (Å²) in [4.78, 5) is 12.0. The Labute approximate surface area is 113 Å². The minimum absolute atomic E-state index is 0.0234. The highest BCUT2D eigenvalue weighted by Crippen LogP contribution is 2.17. The molecule has 0 aliphatic rings. The molecular formula is C13H12BrFN2O. The first-order chi connectivity index (χ1) is 8.47. The molecular weight excluding hydrogens is 299 g/mol. The van der Waals surface area contributed by atoms with Gasteiger partial charge in [0.15, 0.2) is 5.78 Å². The van der Waals surface area contributed by atoms with Crippen LogP contribution in [-0.2, 0) is 13.5 Å². The van der Waals surface area contributed by atoms with Crippen molar-refractivity contribution in [2.24, 2.45) is 7.05 Å². The van der Waals surface area contributed by atoms with Crippen molar-refractivity contribution >= 4 is 21.7 Å². The lowest BCUT2D eigenvalue weighted by Crippen LogP contribution is -2.06. The molecule has 0 atom stereocenters. The molecule has 0 bridgehead atoms. The van der Waals surface area contributed by atoms with Crippen LogP contribution in [0.1, 0.15) is 21.7 Å². The van der Waals surface area contributed by atoms with Crippen molar-refractivity contribution in [1.29, 1.82) is 0 Å². The molecule has 0 aliphatic carbocycles. The minimum atomic E-state index is -0.384. The molecule has 1 aromatic carbocycles. The highest BCUT2D eigenvalue weighted by molar-refractivity contribution is 9.10. The molecule has 0 aliphatic heterocycles. The van der Waals surface area contributed by atoms with Crippen LogP contribution < -0.4 is 0 Å². The quantitative estimate of drug-likeness (QED) is 0.817. The lowest BCUT2D eigenvalue weighted by atomic mass is 10.1. The van der Waals surface area contributed by atoms with E-state index < -0.39 is 0 Å². The van der Waals surface area contributed by atoms with Gasteiger partial charge in [0, 0.05) is 23.6 Å². The fourth-order valence-electron chi connectivity index (χ4n) is 1.63. The Balaban J connectivity index is 2.21. The Morgan fingerprint density at radius 2 is 2.17 bits per heavy atom. The summed E-state index contributed by atoms with van der Waals surface area (Å²) in [6.45, 7) is 1.87. The molecule has 0 saturated heterocycles. The fourth-order valence-corrected chi connectivity index (χ4v) is 1.96. The second kappa shape index (κ2) is 5.02. The Hall–Kier alpha value is -1.49. The van der Waals surface area contributed by atoms with Crippen LogP contribution in [0.2, 0.25) is 0 Å². The first kappa shape index (κ1) is 13.0. The Kier molecular flexibility index (Phi) is 3.61. The first-order valence-corrected chi connectivity index (χ1v) is 6.24. The van der Waals surface area contributed by atoms with Gasteiger partial charge < -0.3 is 0 Å². The number of benzene rings is 1. The van der Waals surface area contributed by atoms with Crippen molar-refractivity contribution in [1.82, 2.24) is 9.78 Å². The van der Waals surface area contributed by atoms with Gasteiger partial charge in [-0.15, -0.1) is 0 Å². The second-order valence-electron chi connectivity index (χ2n) is 4.13. The molecule has 5 heteroatoms. The summed E-state index contributed by atoms with van der Waals surface area (Å²) in [5.74, 6) is -0.565. The van der Waals surface area contributed by atoms with Gasteiger partial charge in [0.2, 0.25) is 0 Å². The summed E-state index contributed by atoms with van der Waals surface area (Å²) < 4.78 is 15.9. The molecule has 2 aromatic rings. The van der Waals surface area contributed by atoms with E-state index in [0.29, 0.717) is 15.7 Å². The molecule has 94 valence electrons. The minimum Gasteiger partial charge on any atom is -0.292 e. The summed E-state index contributed by atoms with van der Waals surface area (Å²) in [6.07, 6.45) is 0.0234. The summed E-state index contributed by atoms with van der Waals surface area (Å²) in [5.41, 5.74) is 1.65. The van der Waals surface area contributed by atoms with Crippen LogP contribution in [-0.4, -0.2) is 15.6 Å². The predicted octanol–water partition coefficient (Wildman–Crippen LogP) is 3.06. The van der Waals surface area contributed by atoms with Crippen LogP contribution in [0.3, 0.4) is 0 Å². The average Bonchev–Trinajstić information content (AvgIpc) is 2.63. The number of carbonyl (C=O) groups excluding carboxylic acids is 1. The highest BCUT2D eigenvalue weighted by Gasteiger charge is 2.14. The predicted molar refractivity (Wildman–Crippen MR) is 70.1 cm³/mol. The summed E-state index contributed by atoms with van der Waals surface area (Å²) >= 11 is 3.18. The second-order valence-corrected chi connectivity index (χ2v) is 5.05. The van der Waals surface area contributed by atoms with Crippen molar-refractivity contribution in [3.05, 3.63) is 51.5 Å². The number of aryl methyl sites for hydroxylation is 2. The number of hydrogen-bond acceptors (Lipinski definition) is 2. The standard InChI is InChI=1S/C13H12BrFN2O/c1-8-5-12(16-17(8)2)13(18)6-9-3-4-10(14)7-11(9)15/h3-5,7H,6H2,1-2H3. The molecule has 0 spiro atoms. The number of halogens is 2. The van der Waals surface area contributed by atoms with Crippen LogP contribution in [0.5, 0.6) is 0 Å². The molecule has 1 heterocycles. The zero-order valence-corrected chi connectivity index (χ0v) is 11.7. The van der Waals surface area contributed by atoms with E-state index >= 15 is 0 Å². The van der Waals surface area contributed by atoms with Crippen molar-refractivity contribution in [2.45, 2.75) is 13.3 Å². The molecule has 3 nitrogen and oxygen atoms in total.